The largest absolute Gasteiger partial charge is 0.497 e. The highest BCUT2D eigenvalue weighted by Gasteiger charge is 2.13. The van der Waals surface area contributed by atoms with Crippen LogP contribution in [0, 0.1) is 0 Å². The van der Waals surface area contributed by atoms with Gasteiger partial charge in [-0.15, -0.1) is 0 Å². The fourth-order valence-electron chi connectivity index (χ4n) is 2.55. The smallest absolute Gasteiger partial charge is 0.176 e. The SMILES string of the molecule is COc1ccc(CN[C@@H](C)c2cc3cccc(OC)c3o2)cc1. The van der Waals surface area contributed by atoms with Gasteiger partial charge in [0.15, 0.2) is 11.3 Å². The van der Waals surface area contributed by atoms with E-state index in [0.717, 1.165) is 34.8 Å². The van der Waals surface area contributed by atoms with Crippen LogP contribution in [-0.2, 0) is 6.54 Å². The third-order valence-electron chi connectivity index (χ3n) is 3.95. The van der Waals surface area contributed by atoms with E-state index in [1.54, 1.807) is 14.2 Å². The number of methoxy groups -OCH3 is 2. The second-order valence-corrected chi connectivity index (χ2v) is 5.48. The van der Waals surface area contributed by atoms with E-state index < -0.39 is 0 Å². The van der Waals surface area contributed by atoms with Gasteiger partial charge >= 0.3 is 0 Å². The fourth-order valence-corrected chi connectivity index (χ4v) is 2.55. The average molecular weight is 311 g/mol. The number of hydrogen-bond donors (Lipinski definition) is 1. The first-order valence-corrected chi connectivity index (χ1v) is 7.64. The minimum atomic E-state index is 0.106. The van der Waals surface area contributed by atoms with Crippen molar-refractivity contribution in [3.05, 3.63) is 59.9 Å². The van der Waals surface area contributed by atoms with Gasteiger partial charge in [-0.05, 0) is 36.8 Å². The zero-order valence-electron chi connectivity index (χ0n) is 13.6. The molecule has 120 valence electrons. The molecule has 0 spiro atoms. The van der Waals surface area contributed by atoms with E-state index in [0.29, 0.717) is 0 Å². The van der Waals surface area contributed by atoms with E-state index in [2.05, 4.69) is 30.4 Å². The summed E-state index contributed by atoms with van der Waals surface area (Å²) in [7, 11) is 3.33. The van der Waals surface area contributed by atoms with E-state index in [1.165, 1.54) is 5.56 Å². The minimum absolute atomic E-state index is 0.106. The highest BCUT2D eigenvalue weighted by Crippen LogP contribution is 2.30. The van der Waals surface area contributed by atoms with Crippen LogP contribution in [0.5, 0.6) is 11.5 Å². The van der Waals surface area contributed by atoms with Gasteiger partial charge in [-0.2, -0.15) is 0 Å². The summed E-state index contributed by atoms with van der Waals surface area (Å²) in [6, 6.07) is 16.1. The first kappa shape index (κ1) is 15.4. The van der Waals surface area contributed by atoms with Crippen molar-refractivity contribution in [1.29, 1.82) is 0 Å². The highest BCUT2D eigenvalue weighted by molar-refractivity contribution is 5.83. The predicted molar refractivity (Wildman–Crippen MR) is 91.0 cm³/mol. The molecule has 1 N–H and O–H groups in total. The fraction of sp³-hybridized carbons (Fsp3) is 0.263. The lowest BCUT2D eigenvalue weighted by Crippen LogP contribution is -2.17. The molecule has 23 heavy (non-hydrogen) atoms. The summed E-state index contributed by atoms with van der Waals surface area (Å²) in [5.74, 6) is 2.53. The number of rotatable bonds is 6. The summed E-state index contributed by atoms with van der Waals surface area (Å²) in [5.41, 5.74) is 1.99. The summed E-state index contributed by atoms with van der Waals surface area (Å²) in [6.07, 6.45) is 0. The molecule has 4 heteroatoms. The van der Waals surface area contributed by atoms with Gasteiger partial charge in [0.05, 0.1) is 20.3 Å². The van der Waals surface area contributed by atoms with Crippen LogP contribution in [0.4, 0.5) is 0 Å². The molecule has 1 heterocycles. The zero-order chi connectivity index (χ0) is 16.2. The Balaban J connectivity index is 1.71. The van der Waals surface area contributed by atoms with E-state index in [9.17, 15) is 0 Å². The Kier molecular flexibility index (Phi) is 4.53. The lowest BCUT2D eigenvalue weighted by molar-refractivity contribution is 0.399. The molecule has 0 aliphatic rings. The van der Waals surface area contributed by atoms with Gasteiger partial charge in [0.1, 0.15) is 11.5 Å². The average Bonchev–Trinajstić information content (AvgIpc) is 3.04. The molecule has 0 amide bonds. The third kappa shape index (κ3) is 3.32. The molecule has 3 aromatic rings. The van der Waals surface area contributed by atoms with Crippen molar-refractivity contribution >= 4 is 11.0 Å². The van der Waals surface area contributed by atoms with Gasteiger partial charge in [0, 0.05) is 11.9 Å². The van der Waals surface area contributed by atoms with Crippen molar-refractivity contribution in [2.45, 2.75) is 19.5 Å². The van der Waals surface area contributed by atoms with Crippen molar-refractivity contribution in [2.24, 2.45) is 0 Å². The van der Waals surface area contributed by atoms with Crippen LogP contribution in [0.1, 0.15) is 24.3 Å². The Bertz CT molecular complexity index is 777. The van der Waals surface area contributed by atoms with Gasteiger partial charge in [-0.25, -0.2) is 0 Å². The maximum atomic E-state index is 5.97. The molecule has 0 unspecified atom stereocenters. The van der Waals surface area contributed by atoms with Crippen LogP contribution in [0.2, 0.25) is 0 Å². The lowest BCUT2D eigenvalue weighted by Gasteiger charge is -2.11. The van der Waals surface area contributed by atoms with Crippen molar-refractivity contribution in [2.75, 3.05) is 14.2 Å². The third-order valence-corrected chi connectivity index (χ3v) is 3.95. The standard InChI is InChI=1S/C19H21NO3/c1-13(20-12-14-7-9-16(21-2)10-8-14)18-11-15-5-4-6-17(22-3)19(15)23-18/h4-11,13,20H,12H2,1-3H3/t13-/m0/s1. The molecule has 0 bridgehead atoms. The summed E-state index contributed by atoms with van der Waals surface area (Å²) in [4.78, 5) is 0. The summed E-state index contributed by atoms with van der Waals surface area (Å²) < 4.78 is 16.5. The minimum Gasteiger partial charge on any atom is -0.497 e. The van der Waals surface area contributed by atoms with Gasteiger partial charge in [-0.3, -0.25) is 0 Å². The van der Waals surface area contributed by atoms with E-state index in [1.807, 2.05) is 30.3 Å². The van der Waals surface area contributed by atoms with Crippen LogP contribution in [0.3, 0.4) is 0 Å². The van der Waals surface area contributed by atoms with Gasteiger partial charge < -0.3 is 19.2 Å². The number of benzene rings is 2. The van der Waals surface area contributed by atoms with Crippen LogP contribution in [0.15, 0.2) is 52.9 Å². The van der Waals surface area contributed by atoms with E-state index >= 15 is 0 Å². The molecule has 0 saturated heterocycles. The number of fused-ring (bicyclic) bond motifs is 1. The molecule has 0 radical (unpaired) electrons. The molecule has 1 atom stereocenters. The van der Waals surface area contributed by atoms with Crippen LogP contribution < -0.4 is 14.8 Å². The van der Waals surface area contributed by atoms with Gasteiger partial charge in [0.25, 0.3) is 0 Å². The molecule has 0 saturated carbocycles. The molecule has 3 rings (SSSR count). The van der Waals surface area contributed by atoms with Crippen molar-refractivity contribution in [3.63, 3.8) is 0 Å². The van der Waals surface area contributed by atoms with Crippen molar-refractivity contribution in [1.82, 2.24) is 5.32 Å². The number of para-hydroxylation sites is 1. The topological polar surface area (TPSA) is 43.6 Å². The first-order chi connectivity index (χ1) is 11.2. The molecule has 0 aliphatic heterocycles. The number of hydrogen-bond acceptors (Lipinski definition) is 4. The zero-order valence-corrected chi connectivity index (χ0v) is 13.6. The second kappa shape index (κ2) is 6.75. The van der Waals surface area contributed by atoms with Crippen molar-refractivity contribution < 1.29 is 13.9 Å². The molecule has 4 nitrogen and oxygen atoms in total. The number of nitrogens with one attached hydrogen (secondary N) is 1. The van der Waals surface area contributed by atoms with E-state index in [4.69, 9.17) is 13.9 Å². The van der Waals surface area contributed by atoms with Gasteiger partial charge in [-0.1, -0.05) is 24.3 Å². The Labute approximate surface area is 136 Å². The monoisotopic (exact) mass is 311 g/mol. The molecule has 0 fully saturated rings. The van der Waals surface area contributed by atoms with Crippen LogP contribution in [0.25, 0.3) is 11.0 Å². The van der Waals surface area contributed by atoms with Gasteiger partial charge in [0.2, 0.25) is 0 Å². The normalized spacial score (nSPS) is 12.3. The summed E-state index contributed by atoms with van der Waals surface area (Å²) in [6.45, 7) is 2.85. The molecular formula is C19H21NO3. The Morgan fingerprint density at radius 1 is 1.04 bits per heavy atom. The Morgan fingerprint density at radius 3 is 2.52 bits per heavy atom. The first-order valence-electron chi connectivity index (χ1n) is 7.64. The molecule has 0 aliphatic carbocycles. The predicted octanol–water partition coefficient (Wildman–Crippen LogP) is 4.30. The highest BCUT2D eigenvalue weighted by atomic mass is 16.5. The number of furan rings is 1. The Hall–Kier alpha value is -2.46. The van der Waals surface area contributed by atoms with Crippen LogP contribution in [-0.4, -0.2) is 14.2 Å². The second-order valence-electron chi connectivity index (χ2n) is 5.48. The quantitative estimate of drug-likeness (QED) is 0.737. The summed E-state index contributed by atoms with van der Waals surface area (Å²) in [5, 5.41) is 4.53. The maximum Gasteiger partial charge on any atom is 0.176 e. The summed E-state index contributed by atoms with van der Waals surface area (Å²) >= 11 is 0. The van der Waals surface area contributed by atoms with Crippen molar-refractivity contribution in [3.8, 4) is 11.5 Å². The molecule has 2 aromatic carbocycles. The number of ether oxygens (including phenoxy) is 2. The van der Waals surface area contributed by atoms with Crippen LogP contribution >= 0.6 is 0 Å². The van der Waals surface area contributed by atoms with E-state index in [-0.39, 0.29) is 6.04 Å². The lowest BCUT2D eigenvalue weighted by atomic mass is 10.2. The molecular weight excluding hydrogens is 290 g/mol. The Morgan fingerprint density at radius 2 is 1.83 bits per heavy atom. The molecule has 1 aromatic heterocycles. The maximum absolute atomic E-state index is 5.97.